The van der Waals surface area contributed by atoms with Gasteiger partial charge < -0.3 is 16.0 Å². The smallest absolute Gasteiger partial charge is 0.243 e. The highest BCUT2D eigenvalue weighted by Crippen LogP contribution is 2.32. The Kier molecular flexibility index (Phi) is 6.75. The minimum Gasteiger partial charge on any atom is -0.381 e. The molecule has 0 radical (unpaired) electrons. The van der Waals surface area contributed by atoms with Crippen LogP contribution in [-0.4, -0.2) is 52.6 Å². The van der Waals surface area contributed by atoms with E-state index in [2.05, 4.69) is 20.3 Å². The topological polar surface area (TPSA) is 134 Å². The van der Waals surface area contributed by atoms with Gasteiger partial charge >= 0.3 is 0 Å². The van der Waals surface area contributed by atoms with E-state index in [0.29, 0.717) is 23.7 Å². The number of carbonyl (C=O) groups is 1. The SMILES string of the molecule is Nc1nc(C(=O)c2c(F)cccc2F)sc1NC1CCN(S(=O)(=O)c2ccc(-c3ncc[nH]3)cc2)CC1. The molecule has 1 aliphatic rings. The van der Waals surface area contributed by atoms with Gasteiger partial charge in [0, 0.05) is 37.1 Å². The van der Waals surface area contributed by atoms with Crippen molar-refractivity contribution in [1.82, 2.24) is 19.3 Å². The number of carbonyl (C=O) groups excluding carboxylic acids is 1. The van der Waals surface area contributed by atoms with E-state index in [1.807, 2.05) is 0 Å². The highest BCUT2D eigenvalue weighted by molar-refractivity contribution is 7.89. The summed E-state index contributed by atoms with van der Waals surface area (Å²) in [4.78, 5) is 24.0. The Morgan fingerprint density at radius 3 is 2.41 bits per heavy atom. The zero-order chi connectivity index (χ0) is 26.2. The summed E-state index contributed by atoms with van der Waals surface area (Å²) in [7, 11) is -3.67. The van der Waals surface area contributed by atoms with Gasteiger partial charge in [0.15, 0.2) is 10.8 Å². The molecule has 1 aliphatic heterocycles. The van der Waals surface area contributed by atoms with Crippen LogP contribution < -0.4 is 11.1 Å². The first-order valence-electron chi connectivity index (χ1n) is 11.4. The molecule has 2 aromatic carbocycles. The summed E-state index contributed by atoms with van der Waals surface area (Å²) in [5.41, 5.74) is 6.05. The third-order valence-corrected chi connectivity index (χ3v) is 9.00. The van der Waals surface area contributed by atoms with E-state index < -0.39 is 33.0 Å². The summed E-state index contributed by atoms with van der Waals surface area (Å²) in [5, 5.41) is 3.46. The van der Waals surface area contributed by atoms with E-state index in [4.69, 9.17) is 5.73 Å². The van der Waals surface area contributed by atoms with Crippen molar-refractivity contribution >= 4 is 38.0 Å². The molecule has 4 aromatic rings. The Balaban J connectivity index is 1.23. The van der Waals surface area contributed by atoms with Crippen molar-refractivity contribution in [3.63, 3.8) is 0 Å². The number of benzene rings is 2. The number of piperidine rings is 1. The van der Waals surface area contributed by atoms with Gasteiger partial charge in [-0.05, 0) is 49.2 Å². The first-order chi connectivity index (χ1) is 17.7. The number of anilines is 2. The summed E-state index contributed by atoms with van der Waals surface area (Å²) in [6.45, 7) is 0.565. The van der Waals surface area contributed by atoms with E-state index in [0.717, 1.165) is 29.0 Å². The van der Waals surface area contributed by atoms with Crippen molar-refractivity contribution in [1.29, 1.82) is 0 Å². The number of thiazole rings is 1. The van der Waals surface area contributed by atoms with Crippen molar-refractivity contribution in [3.8, 4) is 11.4 Å². The second kappa shape index (κ2) is 10.00. The van der Waals surface area contributed by atoms with Gasteiger partial charge in [-0.2, -0.15) is 4.31 Å². The van der Waals surface area contributed by atoms with E-state index in [-0.39, 0.29) is 34.9 Å². The van der Waals surface area contributed by atoms with E-state index >= 15 is 0 Å². The molecular weight excluding hydrogens is 522 g/mol. The predicted molar refractivity (Wildman–Crippen MR) is 136 cm³/mol. The molecule has 37 heavy (non-hydrogen) atoms. The number of rotatable bonds is 7. The zero-order valence-electron chi connectivity index (χ0n) is 19.3. The second-order valence-electron chi connectivity index (χ2n) is 8.44. The first-order valence-corrected chi connectivity index (χ1v) is 13.6. The summed E-state index contributed by atoms with van der Waals surface area (Å²) in [6.07, 6.45) is 4.30. The number of halogens is 2. The molecule has 0 atom stereocenters. The maximum atomic E-state index is 14.0. The molecule has 0 bridgehead atoms. The Morgan fingerprint density at radius 1 is 1.11 bits per heavy atom. The van der Waals surface area contributed by atoms with Crippen LogP contribution in [0, 0.1) is 11.6 Å². The molecule has 4 N–H and O–H groups in total. The van der Waals surface area contributed by atoms with Crippen LogP contribution >= 0.6 is 11.3 Å². The summed E-state index contributed by atoms with van der Waals surface area (Å²) >= 11 is 0.907. The number of nitrogens with one attached hydrogen (secondary N) is 2. The van der Waals surface area contributed by atoms with Crippen LogP contribution in [0.2, 0.25) is 0 Å². The van der Waals surface area contributed by atoms with Gasteiger partial charge in [0.25, 0.3) is 0 Å². The van der Waals surface area contributed by atoms with Crippen LogP contribution in [0.1, 0.15) is 28.2 Å². The normalized spacial score (nSPS) is 15.1. The Labute approximate surface area is 215 Å². The molecule has 0 amide bonds. The quantitative estimate of drug-likeness (QED) is 0.301. The first kappa shape index (κ1) is 25.0. The summed E-state index contributed by atoms with van der Waals surface area (Å²) in [6, 6.07) is 9.59. The molecule has 1 fully saturated rings. The maximum Gasteiger partial charge on any atom is 0.243 e. The van der Waals surface area contributed by atoms with Crippen LogP contribution in [0.15, 0.2) is 59.8 Å². The van der Waals surface area contributed by atoms with Crippen molar-refractivity contribution in [2.75, 3.05) is 24.1 Å². The van der Waals surface area contributed by atoms with Gasteiger partial charge in [-0.25, -0.2) is 27.2 Å². The molecule has 13 heteroatoms. The Morgan fingerprint density at radius 2 is 1.78 bits per heavy atom. The average Bonchev–Trinajstić information content (AvgIpc) is 3.55. The van der Waals surface area contributed by atoms with Gasteiger partial charge in [0.2, 0.25) is 15.8 Å². The number of hydrogen-bond acceptors (Lipinski definition) is 8. The predicted octanol–water partition coefficient (Wildman–Crippen LogP) is 3.89. The number of H-pyrrole nitrogens is 1. The molecule has 2 aromatic heterocycles. The number of nitrogens with zero attached hydrogens (tertiary/aromatic N) is 3. The molecule has 5 rings (SSSR count). The van der Waals surface area contributed by atoms with Crippen LogP contribution in [-0.2, 0) is 10.0 Å². The maximum absolute atomic E-state index is 14.0. The number of aromatic nitrogens is 3. The fraction of sp³-hybridized carbons (Fsp3) is 0.208. The minimum absolute atomic E-state index is 0.0387. The number of nitrogen functional groups attached to an aromatic ring is 1. The molecule has 3 heterocycles. The largest absolute Gasteiger partial charge is 0.381 e. The van der Waals surface area contributed by atoms with Gasteiger partial charge in [-0.15, -0.1) is 0 Å². The third kappa shape index (κ3) is 4.97. The highest BCUT2D eigenvalue weighted by Gasteiger charge is 2.30. The number of aromatic amines is 1. The Bertz CT molecular complexity index is 1510. The molecule has 192 valence electrons. The zero-order valence-corrected chi connectivity index (χ0v) is 21.0. The van der Waals surface area contributed by atoms with E-state index in [1.165, 1.54) is 10.4 Å². The standard InChI is InChI=1S/C24H22F2N6O3S2/c25-17-2-1-3-18(26)19(17)20(33)23-31-21(27)24(36-23)30-15-8-12-32(13-9-15)37(34,35)16-6-4-14(5-7-16)22-28-10-11-29-22/h1-7,10-11,15,30H,8-9,12-13,27H2,(H,28,29). The number of imidazole rings is 1. The minimum atomic E-state index is -3.67. The number of ketones is 1. The lowest BCUT2D eigenvalue weighted by atomic mass is 10.1. The monoisotopic (exact) mass is 544 g/mol. The Hall–Kier alpha value is -3.68. The summed E-state index contributed by atoms with van der Waals surface area (Å²) < 4.78 is 55.7. The second-order valence-corrected chi connectivity index (χ2v) is 11.4. The van der Waals surface area contributed by atoms with Crippen LogP contribution in [0.3, 0.4) is 0 Å². The fourth-order valence-electron chi connectivity index (χ4n) is 4.14. The summed E-state index contributed by atoms with van der Waals surface area (Å²) in [5.74, 6) is -2.15. The molecule has 0 aliphatic carbocycles. The number of nitrogens with two attached hydrogens (primary N) is 1. The highest BCUT2D eigenvalue weighted by atomic mass is 32.2. The van der Waals surface area contributed by atoms with E-state index in [1.54, 1.807) is 36.7 Å². The third-order valence-electron chi connectivity index (χ3n) is 6.09. The fourth-order valence-corrected chi connectivity index (χ4v) is 6.51. The van der Waals surface area contributed by atoms with Crippen LogP contribution in [0.25, 0.3) is 11.4 Å². The van der Waals surface area contributed by atoms with Gasteiger partial charge in [-0.1, -0.05) is 17.4 Å². The molecule has 1 saturated heterocycles. The average molecular weight is 545 g/mol. The molecule has 0 saturated carbocycles. The van der Waals surface area contributed by atoms with Crippen molar-refractivity contribution < 1.29 is 22.0 Å². The molecule has 0 unspecified atom stereocenters. The van der Waals surface area contributed by atoms with Crippen molar-refractivity contribution in [2.24, 2.45) is 0 Å². The van der Waals surface area contributed by atoms with Crippen molar-refractivity contribution in [2.45, 2.75) is 23.8 Å². The number of sulfonamides is 1. The molecule has 9 nitrogen and oxygen atoms in total. The van der Waals surface area contributed by atoms with Gasteiger partial charge in [0.05, 0.1) is 10.5 Å². The molecular formula is C24H22F2N6O3S2. The van der Waals surface area contributed by atoms with Crippen LogP contribution in [0.5, 0.6) is 0 Å². The van der Waals surface area contributed by atoms with Crippen LogP contribution in [0.4, 0.5) is 19.6 Å². The lowest BCUT2D eigenvalue weighted by molar-refractivity contribution is 0.103. The van der Waals surface area contributed by atoms with Gasteiger partial charge in [-0.3, -0.25) is 4.79 Å². The lowest BCUT2D eigenvalue weighted by Gasteiger charge is -2.31. The molecule has 0 spiro atoms. The number of hydrogen-bond donors (Lipinski definition) is 3. The van der Waals surface area contributed by atoms with Gasteiger partial charge in [0.1, 0.15) is 22.5 Å². The lowest BCUT2D eigenvalue weighted by Crippen LogP contribution is -2.42. The van der Waals surface area contributed by atoms with Crippen molar-refractivity contribution in [3.05, 3.63) is 77.1 Å². The van der Waals surface area contributed by atoms with E-state index in [9.17, 15) is 22.0 Å².